The molecule has 0 radical (unpaired) electrons. The van der Waals surface area contributed by atoms with Gasteiger partial charge in [-0.1, -0.05) is 0 Å². The number of carboxylic acid groups (broad SMARTS) is 1. The normalized spacial score (nSPS) is 18.8. The first-order valence-electron chi connectivity index (χ1n) is 10.2. The van der Waals surface area contributed by atoms with Crippen LogP contribution in [0.15, 0.2) is 36.7 Å². The summed E-state index contributed by atoms with van der Waals surface area (Å²) in [5, 5.41) is 14.2. The molecule has 1 amide bonds. The maximum atomic E-state index is 11.4. The van der Waals surface area contributed by atoms with Gasteiger partial charge in [0.05, 0.1) is 30.1 Å². The number of aromatic nitrogens is 4. The molecule has 2 saturated heterocycles. The minimum absolute atomic E-state index is 0.384. The first-order chi connectivity index (χ1) is 14.5. The number of piperidine rings is 1. The van der Waals surface area contributed by atoms with Crippen molar-refractivity contribution in [1.29, 1.82) is 0 Å². The highest BCUT2D eigenvalue weighted by Crippen LogP contribution is 2.32. The van der Waals surface area contributed by atoms with Crippen LogP contribution in [-0.4, -0.2) is 74.1 Å². The number of aryl methyl sites for hydroxylation is 1. The Hall–Kier alpha value is -3.20. The lowest BCUT2D eigenvalue weighted by Gasteiger charge is -2.46. The molecule has 0 aliphatic carbocycles. The molecule has 0 atom stereocenters. The highest BCUT2D eigenvalue weighted by Gasteiger charge is 2.41. The second-order valence-corrected chi connectivity index (χ2v) is 7.97. The Labute approximate surface area is 173 Å². The Morgan fingerprint density at radius 3 is 2.63 bits per heavy atom. The summed E-state index contributed by atoms with van der Waals surface area (Å²) in [5.74, 6) is 0.885. The maximum absolute atomic E-state index is 11.4. The van der Waals surface area contributed by atoms with Gasteiger partial charge in [0.25, 0.3) is 0 Å². The van der Waals surface area contributed by atoms with Crippen molar-refractivity contribution in [3.8, 4) is 11.3 Å². The number of imidazole rings is 1. The van der Waals surface area contributed by atoms with Gasteiger partial charge in [0, 0.05) is 37.6 Å². The lowest BCUT2D eigenvalue weighted by atomic mass is 9.89. The lowest BCUT2D eigenvalue weighted by Crippen LogP contribution is -2.58. The van der Waals surface area contributed by atoms with Gasteiger partial charge >= 0.3 is 6.09 Å². The molecular formula is C21H24N6O3. The molecular weight excluding hydrogens is 384 g/mol. The Balaban J connectivity index is 1.39. The third kappa shape index (κ3) is 3.24. The number of rotatable bonds is 2. The van der Waals surface area contributed by atoms with Crippen LogP contribution in [0.25, 0.3) is 16.9 Å². The fourth-order valence-electron chi connectivity index (χ4n) is 4.50. The highest BCUT2D eigenvalue weighted by molar-refractivity contribution is 5.67. The average Bonchev–Trinajstić information content (AvgIpc) is 3.10. The predicted octanol–water partition coefficient (Wildman–Crippen LogP) is 2.45. The number of pyridine rings is 1. The van der Waals surface area contributed by atoms with Crippen LogP contribution in [0.4, 0.5) is 10.6 Å². The van der Waals surface area contributed by atoms with Gasteiger partial charge in [0.15, 0.2) is 5.65 Å². The zero-order chi connectivity index (χ0) is 20.7. The number of anilines is 1. The van der Waals surface area contributed by atoms with Crippen molar-refractivity contribution >= 4 is 17.6 Å². The third-order valence-corrected chi connectivity index (χ3v) is 6.11. The Morgan fingerprint density at radius 1 is 1.13 bits per heavy atom. The summed E-state index contributed by atoms with van der Waals surface area (Å²) in [5.41, 5.74) is 3.35. The minimum Gasteiger partial charge on any atom is -0.465 e. The quantitative estimate of drug-likeness (QED) is 0.696. The van der Waals surface area contributed by atoms with Gasteiger partial charge in [-0.25, -0.2) is 14.3 Å². The minimum atomic E-state index is -0.869. The largest absolute Gasteiger partial charge is 0.465 e. The molecule has 0 unspecified atom stereocenters. The number of morpholine rings is 1. The van der Waals surface area contributed by atoms with Crippen LogP contribution in [-0.2, 0) is 4.74 Å². The summed E-state index contributed by atoms with van der Waals surface area (Å²) in [6.45, 7) is 4.87. The summed E-state index contributed by atoms with van der Waals surface area (Å²) in [6, 6.07) is 7.92. The molecule has 3 aromatic rings. The molecule has 0 aromatic carbocycles. The predicted molar refractivity (Wildman–Crippen MR) is 111 cm³/mol. The molecule has 3 aromatic heterocycles. The van der Waals surface area contributed by atoms with Gasteiger partial charge in [-0.15, -0.1) is 5.10 Å². The number of fused-ring (bicyclic) bond motifs is 1. The molecule has 9 heteroatoms. The number of ether oxygens (including phenoxy) is 1. The lowest BCUT2D eigenvalue weighted by molar-refractivity contribution is -0.113. The van der Waals surface area contributed by atoms with Crippen LogP contribution in [0, 0.1) is 6.92 Å². The summed E-state index contributed by atoms with van der Waals surface area (Å²) < 4.78 is 7.94. The molecule has 1 N–H and O–H groups in total. The van der Waals surface area contributed by atoms with E-state index in [1.165, 1.54) is 4.90 Å². The van der Waals surface area contributed by atoms with E-state index in [0.29, 0.717) is 19.7 Å². The van der Waals surface area contributed by atoms with Gasteiger partial charge in [-0.05, 0) is 44.0 Å². The first kappa shape index (κ1) is 18.8. The third-order valence-electron chi connectivity index (χ3n) is 6.11. The molecule has 2 aliphatic rings. The second-order valence-electron chi connectivity index (χ2n) is 7.97. The van der Waals surface area contributed by atoms with Gasteiger partial charge in [-0.2, -0.15) is 0 Å². The van der Waals surface area contributed by atoms with E-state index >= 15 is 0 Å². The zero-order valence-corrected chi connectivity index (χ0v) is 16.9. The molecule has 0 bridgehead atoms. The van der Waals surface area contributed by atoms with E-state index in [4.69, 9.17) is 9.84 Å². The monoisotopic (exact) mass is 408 g/mol. The number of carbonyl (C=O) groups is 1. The summed E-state index contributed by atoms with van der Waals surface area (Å²) >= 11 is 0. The van der Waals surface area contributed by atoms with E-state index in [9.17, 15) is 9.90 Å². The van der Waals surface area contributed by atoms with Crippen molar-refractivity contribution in [3.63, 3.8) is 0 Å². The van der Waals surface area contributed by atoms with E-state index in [-0.39, 0.29) is 5.60 Å². The fraction of sp³-hybridized carbons (Fsp3) is 0.429. The summed E-state index contributed by atoms with van der Waals surface area (Å²) in [4.78, 5) is 23.8. The van der Waals surface area contributed by atoms with Crippen molar-refractivity contribution in [2.24, 2.45) is 0 Å². The van der Waals surface area contributed by atoms with Crippen LogP contribution < -0.4 is 4.90 Å². The highest BCUT2D eigenvalue weighted by atomic mass is 16.5. The SMILES string of the molecule is Cc1nc2ccc(N3CCC4(CC3)CN(C(=O)O)CCO4)nn2c1-c1ccncc1. The Bertz CT molecular complexity index is 1080. The molecule has 2 aliphatic heterocycles. The average molecular weight is 408 g/mol. The smallest absolute Gasteiger partial charge is 0.407 e. The van der Waals surface area contributed by atoms with Crippen molar-refractivity contribution in [1.82, 2.24) is 24.5 Å². The van der Waals surface area contributed by atoms with Crippen LogP contribution in [0.1, 0.15) is 18.5 Å². The molecule has 9 nitrogen and oxygen atoms in total. The van der Waals surface area contributed by atoms with Gasteiger partial charge < -0.3 is 19.6 Å². The zero-order valence-electron chi connectivity index (χ0n) is 16.9. The van der Waals surface area contributed by atoms with E-state index in [1.54, 1.807) is 12.4 Å². The second kappa shape index (κ2) is 7.24. The van der Waals surface area contributed by atoms with Gasteiger partial charge in [-0.3, -0.25) is 4.98 Å². The van der Waals surface area contributed by atoms with Crippen LogP contribution in [0.2, 0.25) is 0 Å². The number of amides is 1. The first-order valence-corrected chi connectivity index (χ1v) is 10.2. The van der Waals surface area contributed by atoms with Gasteiger partial charge in [0.2, 0.25) is 0 Å². The van der Waals surface area contributed by atoms with Crippen molar-refractivity contribution in [2.75, 3.05) is 37.7 Å². The Morgan fingerprint density at radius 2 is 1.90 bits per heavy atom. The van der Waals surface area contributed by atoms with E-state index < -0.39 is 6.09 Å². The van der Waals surface area contributed by atoms with Crippen molar-refractivity contribution in [2.45, 2.75) is 25.4 Å². The number of nitrogens with zero attached hydrogens (tertiary/aromatic N) is 6. The summed E-state index contributed by atoms with van der Waals surface area (Å²) in [7, 11) is 0. The fourth-order valence-corrected chi connectivity index (χ4v) is 4.50. The molecule has 5 rings (SSSR count). The number of hydrogen-bond donors (Lipinski definition) is 1. The molecule has 156 valence electrons. The van der Waals surface area contributed by atoms with E-state index in [0.717, 1.165) is 54.3 Å². The Kier molecular flexibility index (Phi) is 4.54. The number of hydrogen-bond acceptors (Lipinski definition) is 6. The molecule has 30 heavy (non-hydrogen) atoms. The maximum Gasteiger partial charge on any atom is 0.407 e. The van der Waals surface area contributed by atoms with Crippen molar-refractivity contribution < 1.29 is 14.6 Å². The molecule has 0 saturated carbocycles. The molecule has 5 heterocycles. The molecule has 2 fully saturated rings. The standard InChI is InChI=1S/C21H24N6O3/c1-15-19(16-4-8-22-9-5-16)27-17(23-15)2-3-18(24-27)25-10-6-21(7-11-25)14-26(20(28)29)12-13-30-21/h2-5,8-9H,6-7,10-14H2,1H3,(H,28,29). The van der Waals surface area contributed by atoms with Gasteiger partial charge in [0.1, 0.15) is 5.82 Å². The topological polar surface area (TPSA) is 96.1 Å². The van der Waals surface area contributed by atoms with E-state index in [2.05, 4.69) is 14.9 Å². The van der Waals surface area contributed by atoms with Crippen LogP contribution in [0.5, 0.6) is 0 Å². The van der Waals surface area contributed by atoms with E-state index in [1.807, 2.05) is 35.7 Å². The molecule has 1 spiro atoms. The van der Waals surface area contributed by atoms with Crippen LogP contribution in [0.3, 0.4) is 0 Å². The van der Waals surface area contributed by atoms with Crippen LogP contribution >= 0.6 is 0 Å². The summed E-state index contributed by atoms with van der Waals surface area (Å²) in [6.07, 6.45) is 4.22. The van der Waals surface area contributed by atoms with Crippen molar-refractivity contribution in [3.05, 3.63) is 42.4 Å².